The molecule has 3 unspecified atom stereocenters. The molecule has 0 amide bonds. The summed E-state index contributed by atoms with van der Waals surface area (Å²) in [6, 6.07) is 0. The van der Waals surface area contributed by atoms with Gasteiger partial charge < -0.3 is 9.63 Å². The van der Waals surface area contributed by atoms with E-state index in [4.69, 9.17) is 4.52 Å². The van der Waals surface area contributed by atoms with Crippen LogP contribution in [-0.4, -0.2) is 30.1 Å². The van der Waals surface area contributed by atoms with E-state index >= 15 is 0 Å². The van der Waals surface area contributed by atoms with Crippen molar-refractivity contribution in [3.05, 3.63) is 0 Å². The van der Waals surface area contributed by atoms with Gasteiger partial charge in [-0.3, -0.25) is 4.57 Å². The highest BCUT2D eigenvalue weighted by Gasteiger charge is 2.33. The van der Waals surface area contributed by atoms with Crippen LogP contribution in [0.15, 0.2) is 0 Å². The molecule has 1 heterocycles. The van der Waals surface area contributed by atoms with Crippen LogP contribution in [-0.2, 0) is 9.09 Å². The summed E-state index contributed by atoms with van der Waals surface area (Å²) in [6.45, 7) is 4.22. The van der Waals surface area contributed by atoms with Gasteiger partial charge in [-0.25, -0.2) is 0 Å². The Labute approximate surface area is 79.9 Å². The van der Waals surface area contributed by atoms with Gasteiger partial charge in [-0.15, -0.1) is 0 Å². The van der Waals surface area contributed by atoms with Crippen molar-refractivity contribution >= 4 is 7.37 Å². The lowest BCUT2D eigenvalue weighted by molar-refractivity contribution is 0.106. The summed E-state index contributed by atoms with van der Waals surface area (Å²) in [5.74, 6) is 0.518. The van der Waals surface area contributed by atoms with Crippen LogP contribution in [0.25, 0.3) is 0 Å². The third-order valence-corrected chi connectivity index (χ3v) is 5.26. The van der Waals surface area contributed by atoms with E-state index in [1.165, 1.54) is 0 Å². The SMILES string of the molecule is CCC(O)COP1(=O)CCC(C)C1. The van der Waals surface area contributed by atoms with E-state index in [1.54, 1.807) is 0 Å². The number of aliphatic hydroxyl groups is 1. The first-order valence-corrected chi connectivity index (χ1v) is 6.96. The highest BCUT2D eigenvalue weighted by molar-refractivity contribution is 7.59. The molecular weight excluding hydrogens is 187 g/mol. The summed E-state index contributed by atoms with van der Waals surface area (Å²) in [5.41, 5.74) is 0. The second-order valence-electron chi connectivity index (χ2n) is 3.97. The molecule has 0 aromatic rings. The smallest absolute Gasteiger partial charge is 0.203 e. The average molecular weight is 206 g/mol. The molecular formula is C9H19O3P. The van der Waals surface area contributed by atoms with Gasteiger partial charge in [0.15, 0.2) is 0 Å². The molecule has 1 rings (SSSR count). The van der Waals surface area contributed by atoms with Gasteiger partial charge in [-0.05, 0) is 18.8 Å². The van der Waals surface area contributed by atoms with Crippen LogP contribution in [0.1, 0.15) is 26.7 Å². The molecule has 1 aliphatic rings. The molecule has 13 heavy (non-hydrogen) atoms. The summed E-state index contributed by atoms with van der Waals surface area (Å²) < 4.78 is 17.2. The number of hydrogen-bond donors (Lipinski definition) is 1. The largest absolute Gasteiger partial charge is 0.391 e. The minimum absolute atomic E-state index is 0.237. The van der Waals surface area contributed by atoms with Gasteiger partial charge in [-0.1, -0.05) is 13.8 Å². The Balaban J connectivity index is 2.32. The van der Waals surface area contributed by atoms with Gasteiger partial charge in [0.2, 0.25) is 7.37 Å². The highest BCUT2D eigenvalue weighted by atomic mass is 31.2. The van der Waals surface area contributed by atoms with Crippen molar-refractivity contribution in [2.45, 2.75) is 32.8 Å². The topological polar surface area (TPSA) is 46.5 Å². The molecule has 0 radical (unpaired) electrons. The minimum Gasteiger partial charge on any atom is -0.391 e. The molecule has 1 saturated heterocycles. The number of hydrogen-bond acceptors (Lipinski definition) is 3. The average Bonchev–Trinajstić information content (AvgIpc) is 2.43. The summed E-state index contributed by atoms with van der Waals surface area (Å²) in [5, 5.41) is 9.25. The second kappa shape index (κ2) is 4.59. The Hall–Kier alpha value is 0.150. The van der Waals surface area contributed by atoms with Gasteiger partial charge in [0, 0.05) is 12.3 Å². The lowest BCUT2D eigenvalue weighted by Crippen LogP contribution is -2.13. The van der Waals surface area contributed by atoms with Crippen molar-refractivity contribution in [3.63, 3.8) is 0 Å². The Kier molecular flexibility index (Phi) is 3.96. The van der Waals surface area contributed by atoms with E-state index < -0.39 is 13.5 Å². The van der Waals surface area contributed by atoms with Crippen molar-refractivity contribution in [2.24, 2.45) is 5.92 Å². The van der Waals surface area contributed by atoms with Gasteiger partial charge in [0.1, 0.15) is 0 Å². The predicted molar refractivity (Wildman–Crippen MR) is 53.4 cm³/mol. The molecule has 0 aliphatic carbocycles. The van der Waals surface area contributed by atoms with E-state index in [9.17, 15) is 9.67 Å². The third kappa shape index (κ3) is 3.41. The maximum atomic E-state index is 11.9. The first-order chi connectivity index (χ1) is 6.06. The fourth-order valence-electron chi connectivity index (χ4n) is 1.53. The van der Waals surface area contributed by atoms with Gasteiger partial charge >= 0.3 is 0 Å². The molecule has 4 heteroatoms. The first-order valence-electron chi connectivity index (χ1n) is 4.96. The van der Waals surface area contributed by atoms with Crippen LogP contribution >= 0.6 is 7.37 Å². The van der Waals surface area contributed by atoms with Crippen LogP contribution in [0.5, 0.6) is 0 Å². The molecule has 78 valence electrons. The normalized spacial score (nSPS) is 36.4. The van der Waals surface area contributed by atoms with E-state index in [0.29, 0.717) is 24.7 Å². The number of rotatable bonds is 4. The van der Waals surface area contributed by atoms with Crippen LogP contribution < -0.4 is 0 Å². The van der Waals surface area contributed by atoms with Crippen molar-refractivity contribution in [1.29, 1.82) is 0 Å². The molecule has 0 aromatic carbocycles. The van der Waals surface area contributed by atoms with E-state index in [1.807, 2.05) is 6.92 Å². The zero-order chi connectivity index (χ0) is 9.90. The standard InChI is InChI=1S/C9H19O3P/c1-3-9(10)6-12-13(11)5-4-8(2)7-13/h8-10H,3-7H2,1-2H3. The fourth-order valence-corrected chi connectivity index (χ4v) is 4.36. The highest BCUT2D eigenvalue weighted by Crippen LogP contribution is 2.55. The molecule has 1 N–H and O–H groups in total. The molecule has 0 saturated carbocycles. The molecule has 3 nitrogen and oxygen atoms in total. The summed E-state index contributed by atoms with van der Waals surface area (Å²) >= 11 is 0. The Morgan fingerprint density at radius 3 is 2.85 bits per heavy atom. The van der Waals surface area contributed by atoms with E-state index in [0.717, 1.165) is 6.42 Å². The van der Waals surface area contributed by atoms with Crippen molar-refractivity contribution in [3.8, 4) is 0 Å². The molecule has 1 aliphatic heterocycles. The molecule has 0 spiro atoms. The summed E-state index contributed by atoms with van der Waals surface area (Å²) in [4.78, 5) is 0. The van der Waals surface area contributed by atoms with Crippen LogP contribution in [0.3, 0.4) is 0 Å². The number of aliphatic hydroxyl groups excluding tert-OH is 1. The quantitative estimate of drug-likeness (QED) is 0.716. The fraction of sp³-hybridized carbons (Fsp3) is 1.00. The zero-order valence-corrected chi connectivity index (χ0v) is 9.30. The van der Waals surface area contributed by atoms with Crippen LogP contribution in [0.4, 0.5) is 0 Å². The maximum absolute atomic E-state index is 11.9. The van der Waals surface area contributed by atoms with E-state index in [-0.39, 0.29) is 6.61 Å². The first kappa shape index (κ1) is 11.2. The van der Waals surface area contributed by atoms with Crippen molar-refractivity contribution < 1.29 is 14.2 Å². The monoisotopic (exact) mass is 206 g/mol. The Morgan fingerprint density at radius 1 is 1.69 bits per heavy atom. The summed E-state index contributed by atoms with van der Waals surface area (Å²) in [6.07, 6.45) is 2.60. The van der Waals surface area contributed by atoms with Crippen LogP contribution in [0.2, 0.25) is 0 Å². The Bertz CT molecular complexity index is 205. The molecule has 1 fully saturated rings. The van der Waals surface area contributed by atoms with Crippen molar-refractivity contribution in [2.75, 3.05) is 18.9 Å². The molecule has 3 atom stereocenters. The lowest BCUT2D eigenvalue weighted by Gasteiger charge is -2.14. The molecule has 0 bridgehead atoms. The third-order valence-electron chi connectivity index (χ3n) is 2.53. The van der Waals surface area contributed by atoms with Gasteiger partial charge in [0.25, 0.3) is 0 Å². The van der Waals surface area contributed by atoms with Gasteiger partial charge in [-0.2, -0.15) is 0 Å². The van der Waals surface area contributed by atoms with Crippen LogP contribution in [0, 0.1) is 5.92 Å². The predicted octanol–water partition coefficient (Wildman–Crippen LogP) is 2.09. The van der Waals surface area contributed by atoms with Gasteiger partial charge in [0.05, 0.1) is 12.7 Å². The zero-order valence-electron chi connectivity index (χ0n) is 8.40. The van der Waals surface area contributed by atoms with Crippen molar-refractivity contribution in [1.82, 2.24) is 0 Å². The summed E-state index contributed by atoms with van der Waals surface area (Å²) in [7, 11) is -2.35. The lowest BCUT2D eigenvalue weighted by atomic mass is 10.2. The maximum Gasteiger partial charge on any atom is 0.203 e. The molecule has 0 aromatic heterocycles. The Morgan fingerprint density at radius 2 is 2.38 bits per heavy atom. The second-order valence-corrected chi connectivity index (χ2v) is 6.67. The minimum atomic E-state index is -2.35. The van der Waals surface area contributed by atoms with E-state index in [2.05, 4.69) is 6.92 Å².